The summed E-state index contributed by atoms with van der Waals surface area (Å²) in [7, 11) is 0. The van der Waals surface area contributed by atoms with Crippen LogP contribution in [0.1, 0.15) is 30.9 Å². The van der Waals surface area contributed by atoms with E-state index in [1.165, 1.54) is 12.5 Å². The Morgan fingerprint density at radius 1 is 1.19 bits per heavy atom. The quantitative estimate of drug-likeness (QED) is 0.464. The number of nitrogens with one attached hydrogen (secondary N) is 2. The summed E-state index contributed by atoms with van der Waals surface area (Å²) in [5.41, 5.74) is 9.18. The molecule has 0 unspecified atom stereocenters. The first kappa shape index (κ1) is 22.9. The second-order valence-corrected chi connectivity index (χ2v) is 8.31. The maximum absolute atomic E-state index is 12.8. The van der Waals surface area contributed by atoms with Gasteiger partial charge in [0.05, 0.1) is 22.3 Å². The molecule has 0 saturated carbocycles. The van der Waals surface area contributed by atoms with Gasteiger partial charge in [0, 0.05) is 19.2 Å². The van der Waals surface area contributed by atoms with Gasteiger partial charge in [-0.1, -0.05) is 40.9 Å². The smallest absolute Gasteiger partial charge is 0.249 e. The highest BCUT2D eigenvalue weighted by molar-refractivity contribution is 6.39. The lowest BCUT2D eigenvalue weighted by Gasteiger charge is -2.26. The first-order valence-corrected chi connectivity index (χ1v) is 10.7. The lowest BCUT2D eigenvalue weighted by Crippen LogP contribution is -2.48. The molecule has 1 saturated heterocycles. The van der Waals surface area contributed by atoms with E-state index in [0.717, 1.165) is 25.1 Å². The van der Waals surface area contributed by atoms with Crippen LogP contribution >= 0.6 is 23.2 Å². The van der Waals surface area contributed by atoms with Gasteiger partial charge in [0.2, 0.25) is 11.8 Å². The van der Waals surface area contributed by atoms with E-state index in [2.05, 4.69) is 20.5 Å². The summed E-state index contributed by atoms with van der Waals surface area (Å²) in [5, 5.41) is 5.88. The minimum Gasteiger partial charge on any atom is -0.370 e. The van der Waals surface area contributed by atoms with Crippen LogP contribution in [0.5, 0.6) is 0 Å². The summed E-state index contributed by atoms with van der Waals surface area (Å²) in [6.45, 7) is 4.40. The molecule has 0 spiro atoms. The second-order valence-electron chi connectivity index (χ2n) is 7.49. The number of halogens is 2. The second kappa shape index (κ2) is 10.0. The first-order chi connectivity index (χ1) is 14.7. The largest absolute Gasteiger partial charge is 0.370 e. The van der Waals surface area contributed by atoms with Gasteiger partial charge in [-0.3, -0.25) is 14.9 Å². The van der Waals surface area contributed by atoms with Crippen molar-refractivity contribution in [2.75, 3.05) is 16.8 Å². The number of amides is 2. The predicted octanol–water partition coefficient (Wildman–Crippen LogP) is 3.86. The third-order valence-corrected chi connectivity index (χ3v) is 5.60. The SMILES string of the molecule is CC(=O)Nc1c(Cl)cc(CN=C(N)NC(=O)[C@@H]2CCCN2c2ccc(C)cc2)cc1Cl. The topological polar surface area (TPSA) is 99.8 Å². The van der Waals surface area contributed by atoms with Crippen LogP contribution in [-0.4, -0.2) is 30.4 Å². The Bertz CT molecular complexity index is 984. The highest BCUT2D eigenvalue weighted by Crippen LogP contribution is 2.32. The van der Waals surface area contributed by atoms with E-state index in [4.69, 9.17) is 28.9 Å². The number of carbonyl (C=O) groups is 2. The van der Waals surface area contributed by atoms with Gasteiger partial charge in [0.25, 0.3) is 0 Å². The number of aliphatic imine (C=N–C) groups is 1. The average molecular weight is 462 g/mol. The molecule has 2 amide bonds. The molecule has 1 aliphatic heterocycles. The van der Waals surface area contributed by atoms with E-state index >= 15 is 0 Å². The minimum absolute atomic E-state index is 0.0268. The zero-order valence-electron chi connectivity index (χ0n) is 17.4. The van der Waals surface area contributed by atoms with Crippen LogP contribution in [0.15, 0.2) is 41.4 Å². The van der Waals surface area contributed by atoms with Crippen molar-refractivity contribution < 1.29 is 9.59 Å². The van der Waals surface area contributed by atoms with Crippen molar-refractivity contribution in [2.45, 2.75) is 39.3 Å². The van der Waals surface area contributed by atoms with Crippen LogP contribution in [0.4, 0.5) is 11.4 Å². The van der Waals surface area contributed by atoms with Crippen molar-refractivity contribution in [1.29, 1.82) is 0 Å². The fraction of sp³-hybridized carbons (Fsp3) is 0.318. The van der Waals surface area contributed by atoms with Gasteiger partial charge >= 0.3 is 0 Å². The molecule has 9 heteroatoms. The summed E-state index contributed by atoms with van der Waals surface area (Å²) in [6.07, 6.45) is 1.68. The van der Waals surface area contributed by atoms with E-state index in [0.29, 0.717) is 21.3 Å². The van der Waals surface area contributed by atoms with Gasteiger partial charge in [-0.15, -0.1) is 0 Å². The summed E-state index contributed by atoms with van der Waals surface area (Å²) in [6, 6.07) is 11.1. The molecule has 164 valence electrons. The molecule has 0 radical (unpaired) electrons. The number of rotatable bonds is 5. The van der Waals surface area contributed by atoms with Gasteiger partial charge in [0.15, 0.2) is 5.96 Å². The Morgan fingerprint density at radius 3 is 2.45 bits per heavy atom. The molecule has 1 atom stereocenters. The average Bonchev–Trinajstić information content (AvgIpc) is 3.19. The fourth-order valence-corrected chi connectivity index (χ4v) is 4.15. The molecule has 0 bridgehead atoms. The molecule has 1 fully saturated rings. The molecule has 1 heterocycles. The maximum atomic E-state index is 12.8. The van der Waals surface area contributed by atoms with E-state index < -0.39 is 0 Å². The third kappa shape index (κ3) is 5.89. The summed E-state index contributed by atoms with van der Waals surface area (Å²) in [5.74, 6) is -0.427. The number of nitrogens with two attached hydrogens (primary N) is 1. The number of anilines is 2. The van der Waals surface area contributed by atoms with Crippen LogP contribution in [0, 0.1) is 6.92 Å². The van der Waals surface area contributed by atoms with E-state index in [9.17, 15) is 9.59 Å². The van der Waals surface area contributed by atoms with E-state index in [1.807, 2.05) is 31.2 Å². The number of aryl methyl sites for hydroxylation is 1. The normalized spacial score (nSPS) is 16.3. The minimum atomic E-state index is -0.294. The molecule has 2 aromatic carbocycles. The van der Waals surface area contributed by atoms with Gasteiger partial charge in [-0.2, -0.15) is 0 Å². The molecular weight excluding hydrogens is 437 g/mol. The zero-order valence-corrected chi connectivity index (χ0v) is 18.9. The zero-order chi connectivity index (χ0) is 22.5. The van der Waals surface area contributed by atoms with Crippen molar-refractivity contribution in [3.63, 3.8) is 0 Å². The maximum Gasteiger partial charge on any atom is 0.249 e. The number of guanidine groups is 1. The van der Waals surface area contributed by atoms with Crippen LogP contribution in [-0.2, 0) is 16.1 Å². The number of benzene rings is 2. The van der Waals surface area contributed by atoms with Gasteiger partial charge in [-0.05, 0) is 49.6 Å². The Hall–Kier alpha value is -2.77. The molecule has 0 aliphatic carbocycles. The Labute approximate surface area is 191 Å². The summed E-state index contributed by atoms with van der Waals surface area (Å²) in [4.78, 5) is 30.3. The van der Waals surface area contributed by atoms with Crippen molar-refractivity contribution in [3.05, 3.63) is 57.6 Å². The van der Waals surface area contributed by atoms with Crippen LogP contribution < -0.4 is 21.3 Å². The third-order valence-electron chi connectivity index (χ3n) is 5.01. The van der Waals surface area contributed by atoms with Crippen molar-refractivity contribution in [3.8, 4) is 0 Å². The van der Waals surface area contributed by atoms with E-state index in [1.54, 1.807) is 12.1 Å². The Balaban J connectivity index is 1.64. The highest BCUT2D eigenvalue weighted by Gasteiger charge is 2.31. The van der Waals surface area contributed by atoms with Crippen LogP contribution in [0.2, 0.25) is 10.0 Å². The lowest BCUT2D eigenvalue weighted by molar-refractivity contribution is -0.120. The molecular formula is C22H25Cl2N5O2. The standard InChI is InChI=1S/C22H25Cl2N5O2/c1-13-5-7-16(8-6-13)29-9-3-4-19(29)21(31)28-22(25)26-12-15-10-17(23)20(18(24)11-15)27-14(2)30/h5-8,10-11,19H,3-4,9,12H2,1-2H3,(H,27,30)(H3,25,26,28,31)/t19-/m0/s1. The number of nitrogens with zero attached hydrogens (tertiary/aromatic N) is 2. The van der Waals surface area contributed by atoms with Crippen molar-refractivity contribution >= 4 is 52.4 Å². The van der Waals surface area contributed by atoms with Gasteiger partial charge in [-0.25, -0.2) is 4.99 Å². The molecule has 7 nitrogen and oxygen atoms in total. The summed E-state index contributed by atoms with van der Waals surface area (Å²) < 4.78 is 0. The predicted molar refractivity (Wildman–Crippen MR) is 126 cm³/mol. The molecule has 31 heavy (non-hydrogen) atoms. The van der Waals surface area contributed by atoms with Crippen LogP contribution in [0.3, 0.4) is 0 Å². The van der Waals surface area contributed by atoms with Gasteiger partial charge < -0.3 is 16.0 Å². The molecule has 0 aromatic heterocycles. The lowest BCUT2D eigenvalue weighted by atomic mass is 10.1. The van der Waals surface area contributed by atoms with Crippen LogP contribution in [0.25, 0.3) is 0 Å². The number of hydrogen-bond donors (Lipinski definition) is 3. The Morgan fingerprint density at radius 2 is 1.84 bits per heavy atom. The number of hydrogen-bond acceptors (Lipinski definition) is 4. The van der Waals surface area contributed by atoms with Crippen molar-refractivity contribution in [1.82, 2.24) is 5.32 Å². The number of carbonyl (C=O) groups excluding carboxylic acids is 2. The first-order valence-electron chi connectivity index (χ1n) is 9.94. The molecule has 1 aliphatic rings. The highest BCUT2D eigenvalue weighted by atomic mass is 35.5. The van der Waals surface area contributed by atoms with E-state index in [-0.39, 0.29) is 30.4 Å². The fourth-order valence-electron chi connectivity index (χ4n) is 3.52. The molecule has 2 aromatic rings. The Kier molecular flexibility index (Phi) is 7.41. The molecule has 3 rings (SSSR count). The van der Waals surface area contributed by atoms with Crippen molar-refractivity contribution in [2.24, 2.45) is 10.7 Å². The molecule has 4 N–H and O–H groups in total. The monoisotopic (exact) mass is 461 g/mol. The van der Waals surface area contributed by atoms with Gasteiger partial charge in [0.1, 0.15) is 6.04 Å². The summed E-state index contributed by atoms with van der Waals surface area (Å²) >= 11 is 12.4.